The van der Waals surface area contributed by atoms with Crippen molar-refractivity contribution in [1.82, 2.24) is 5.32 Å². The van der Waals surface area contributed by atoms with Crippen molar-refractivity contribution in [3.63, 3.8) is 0 Å². The maximum absolute atomic E-state index is 12.1. The summed E-state index contributed by atoms with van der Waals surface area (Å²) in [5, 5.41) is 2.75. The molecule has 0 fully saturated rings. The first-order valence-corrected chi connectivity index (χ1v) is 7.12. The third-order valence-electron chi connectivity index (χ3n) is 3.59. The van der Waals surface area contributed by atoms with Gasteiger partial charge in [-0.2, -0.15) is 0 Å². The second-order valence-corrected chi connectivity index (χ2v) is 5.18. The van der Waals surface area contributed by atoms with E-state index in [2.05, 4.69) is 5.32 Å². The minimum atomic E-state index is -0.229. The molecule has 0 bridgehead atoms. The average molecular weight is 300 g/mol. The zero-order chi connectivity index (χ0) is 16.1. The first-order valence-electron chi connectivity index (χ1n) is 7.12. The topological polar surface area (TPSA) is 62.6 Å². The largest absolute Gasteiger partial charge is 0.467 e. The molecule has 2 amide bonds. The van der Waals surface area contributed by atoms with Gasteiger partial charge in [0.1, 0.15) is 12.3 Å². The van der Waals surface area contributed by atoms with Crippen LogP contribution in [0.5, 0.6) is 0 Å². The second-order valence-electron chi connectivity index (χ2n) is 5.18. The van der Waals surface area contributed by atoms with Gasteiger partial charge in [-0.25, -0.2) is 0 Å². The molecular weight excluding hydrogens is 280 g/mol. The minimum absolute atomic E-state index is 0.0136. The fraction of sp³-hybridized carbons (Fsp3) is 0.294. The number of carbonyl (C=O) groups excluding carboxylic acids is 2. The van der Waals surface area contributed by atoms with Gasteiger partial charge in [-0.05, 0) is 43.2 Å². The summed E-state index contributed by atoms with van der Waals surface area (Å²) in [5.74, 6) is 0.281. The molecule has 0 aliphatic heterocycles. The Morgan fingerprint density at radius 1 is 1.18 bits per heavy atom. The number of nitrogens with one attached hydrogen (secondary N) is 1. The van der Waals surface area contributed by atoms with Crippen molar-refractivity contribution in [3.8, 4) is 0 Å². The molecule has 0 saturated heterocycles. The molecule has 116 valence electrons. The molecule has 1 N–H and O–H groups in total. The molecule has 22 heavy (non-hydrogen) atoms. The lowest BCUT2D eigenvalue weighted by atomic mass is 10.1. The highest BCUT2D eigenvalue weighted by atomic mass is 16.3. The standard InChI is InChI=1S/C17H20N2O3/c1-12-6-4-8-16(13(12)2)19(14(3)20)11-17(21)18-10-15-7-5-9-22-15/h4-9H,10-11H2,1-3H3,(H,18,21). The van der Waals surface area contributed by atoms with E-state index in [1.54, 1.807) is 18.4 Å². The van der Waals surface area contributed by atoms with Crippen LogP contribution in [0.4, 0.5) is 5.69 Å². The molecule has 5 nitrogen and oxygen atoms in total. The maximum atomic E-state index is 12.1. The Kier molecular flexibility index (Phi) is 4.99. The number of furan rings is 1. The van der Waals surface area contributed by atoms with E-state index in [0.717, 1.165) is 16.8 Å². The number of amides is 2. The fourth-order valence-corrected chi connectivity index (χ4v) is 2.19. The van der Waals surface area contributed by atoms with Gasteiger partial charge in [0.2, 0.25) is 11.8 Å². The van der Waals surface area contributed by atoms with Crippen molar-refractivity contribution in [2.24, 2.45) is 0 Å². The predicted molar refractivity (Wildman–Crippen MR) is 84.5 cm³/mol. The first-order chi connectivity index (χ1) is 10.5. The van der Waals surface area contributed by atoms with Crippen molar-refractivity contribution in [3.05, 3.63) is 53.5 Å². The Morgan fingerprint density at radius 2 is 1.95 bits per heavy atom. The molecular formula is C17H20N2O3. The van der Waals surface area contributed by atoms with Gasteiger partial charge in [0.05, 0.1) is 12.8 Å². The SMILES string of the molecule is CC(=O)N(CC(=O)NCc1ccco1)c1cccc(C)c1C. The molecule has 0 unspecified atom stereocenters. The van der Waals surface area contributed by atoms with Crippen molar-refractivity contribution in [2.75, 3.05) is 11.4 Å². The fourth-order valence-electron chi connectivity index (χ4n) is 2.19. The van der Waals surface area contributed by atoms with E-state index >= 15 is 0 Å². The van der Waals surface area contributed by atoms with Gasteiger partial charge in [-0.1, -0.05) is 12.1 Å². The zero-order valence-electron chi connectivity index (χ0n) is 13.1. The van der Waals surface area contributed by atoms with Crippen LogP contribution in [0.3, 0.4) is 0 Å². The van der Waals surface area contributed by atoms with E-state index in [1.807, 2.05) is 32.0 Å². The summed E-state index contributed by atoms with van der Waals surface area (Å²) >= 11 is 0. The Hall–Kier alpha value is -2.56. The Morgan fingerprint density at radius 3 is 2.59 bits per heavy atom. The number of aryl methyl sites for hydroxylation is 1. The molecule has 0 spiro atoms. The molecule has 0 aliphatic carbocycles. The zero-order valence-corrected chi connectivity index (χ0v) is 13.1. The molecule has 5 heteroatoms. The number of carbonyl (C=O) groups is 2. The number of hydrogen-bond acceptors (Lipinski definition) is 3. The van der Waals surface area contributed by atoms with E-state index in [4.69, 9.17) is 4.42 Å². The van der Waals surface area contributed by atoms with Gasteiger partial charge in [-0.3, -0.25) is 9.59 Å². The molecule has 0 aliphatic rings. The Balaban J connectivity index is 2.07. The number of nitrogens with zero attached hydrogens (tertiary/aromatic N) is 1. The van der Waals surface area contributed by atoms with E-state index < -0.39 is 0 Å². The van der Waals surface area contributed by atoms with Crippen molar-refractivity contribution < 1.29 is 14.0 Å². The second kappa shape index (κ2) is 6.93. The summed E-state index contributed by atoms with van der Waals surface area (Å²) in [7, 11) is 0. The first kappa shape index (κ1) is 15.8. The van der Waals surface area contributed by atoms with Crippen LogP contribution in [-0.2, 0) is 16.1 Å². The van der Waals surface area contributed by atoms with E-state index in [1.165, 1.54) is 11.8 Å². The summed E-state index contributed by atoms with van der Waals surface area (Å²) < 4.78 is 5.16. The highest BCUT2D eigenvalue weighted by Gasteiger charge is 2.18. The Bertz CT molecular complexity index is 663. The predicted octanol–water partition coefficient (Wildman–Crippen LogP) is 2.57. The van der Waals surface area contributed by atoms with E-state index in [-0.39, 0.29) is 18.4 Å². The summed E-state index contributed by atoms with van der Waals surface area (Å²) in [4.78, 5) is 25.5. The van der Waals surface area contributed by atoms with Crippen LogP contribution in [0.1, 0.15) is 23.8 Å². The third kappa shape index (κ3) is 3.75. The molecule has 2 rings (SSSR count). The summed E-state index contributed by atoms with van der Waals surface area (Å²) in [6.07, 6.45) is 1.56. The van der Waals surface area contributed by atoms with Gasteiger partial charge >= 0.3 is 0 Å². The quantitative estimate of drug-likeness (QED) is 0.923. The maximum Gasteiger partial charge on any atom is 0.240 e. The van der Waals surface area contributed by atoms with Gasteiger partial charge in [0.15, 0.2) is 0 Å². The van der Waals surface area contributed by atoms with Gasteiger partial charge in [0, 0.05) is 12.6 Å². The minimum Gasteiger partial charge on any atom is -0.467 e. The lowest BCUT2D eigenvalue weighted by Crippen LogP contribution is -2.40. The molecule has 0 saturated carbocycles. The Labute approximate surface area is 129 Å². The van der Waals surface area contributed by atoms with Crippen molar-refractivity contribution >= 4 is 17.5 Å². The lowest BCUT2D eigenvalue weighted by molar-refractivity contribution is -0.123. The molecule has 1 aromatic heterocycles. The van der Waals surface area contributed by atoms with Crippen LogP contribution in [0, 0.1) is 13.8 Å². The number of benzene rings is 1. The molecule has 1 aromatic carbocycles. The van der Waals surface area contributed by atoms with Crippen LogP contribution < -0.4 is 10.2 Å². The molecule has 0 radical (unpaired) electrons. The molecule has 1 heterocycles. The van der Waals surface area contributed by atoms with Crippen molar-refractivity contribution in [2.45, 2.75) is 27.3 Å². The number of rotatable bonds is 5. The highest BCUT2D eigenvalue weighted by molar-refractivity contribution is 5.98. The van der Waals surface area contributed by atoms with Crippen LogP contribution >= 0.6 is 0 Å². The van der Waals surface area contributed by atoms with E-state index in [0.29, 0.717) is 12.3 Å². The average Bonchev–Trinajstić information content (AvgIpc) is 2.99. The van der Waals surface area contributed by atoms with Crippen LogP contribution in [0.25, 0.3) is 0 Å². The van der Waals surface area contributed by atoms with Gasteiger partial charge < -0.3 is 14.6 Å². The number of anilines is 1. The smallest absolute Gasteiger partial charge is 0.240 e. The van der Waals surface area contributed by atoms with Crippen LogP contribution in [-0.4, -0.2) is 18.4 Å². The van der Waals surface area contributed by atoms with Gasteiger partial charge in [-0.15, -0.1) is 0 Å². The van der Waals surface area contributed by atoms with Crippen LogP contribution in [0.15, 0.2) is 41.0 Å². The lowest BCUT2D eigenvalue weighted by Gasteiger charge is -2.23. The number of hydrogen-bond donors (Lipinski definition) is 1. The third-order valence-corrected chi connectivity index (χ3v) is 3.59. The normalized spacial score (nSPS) is 10.3. The summed E-state index contributed by atoms with van der Waals surface area (Å²) in [6.45, 7) is 5.68. The molecule has 0 atom stereocenters. The summed E-state index contributed by atoms with van der Waals surface area (Å²) in [6, 6.07) is 9.26. The van der Waals surface area contributed by atoms with Gasteiger partial charge in [0.25, 0.3) is 0 Å². The highest BCUT2D eigenvalue weighted by Crippen LogP contribution is 2.22. The van der Waals surface area contributed by atoms with Crippen molar-refractivity contribution in [1.29, 1.82) is 0 Å². The van der Waals surface area contributed by atoms with Crippen LogP contribution in [0.2, 0.25) is 0 Å². The van der Waals surface area contributed by atoms with E-state index in [9.17, 15) is 9.59 Å². The molecule has 2 aromatic rings. The monoisotopic (exact) mass is 300 g/mol. The summed E-state index contributed by atoms with van der Waals surface area (Å²) in [5.41, 5.74) is 2.84.